The number of nitrogens with one attached hydrogen (secondary N) is 1. The predicted molar refractivity (Wildman–Crippen MR) is 100 cm³/mol. The van der Waals surface area contributed by atoms with Crippen LogP contribution in [0.25, 0.3) is 0 Å². The maximum atomic E-state index is 12.5. The van der Waals surface area contributed by atoms with Crippen molar-refractivity contribution in [1.29, 1.82) is 0 Å². The fraction of sp³-hybridized carbons (Fsp3) is 0.526. The number of aryl methyl sites for hydroxylation is 1. The van der Waals surface area contributed by atoms with E-state index in [1.54, 1.807) is 23.9 Å². The Morgan fingerprint density at radius 3 is 2.62 bits per heavy atom. The Morgan fingerprint density at radius 2 is 2.08 bits per heavy atom. The van der Waals surface area contributed by atoms with E-state index in [9.17, 15) is 9.59 Å². The molecule has 7 heteroatoms. The number of hydrogen-bond acceptors (Lipinski definition) is 4. The quantitative estimate of drug-likeness (QED) is 0.822. The summed E-state index contributed by atoms with van der Waals surface area (Å²) in [5.74, 6) is 0.314. The monoisotopic (exact) mass is 360 g/mol. The lowest BCUT2D eigenvalue weighted by Crippen LogP contribution is -2.38. The average molecular weight is 360 g/mol. The summed E-state index contributed by atoms with van der Waals surface area (Å²) in [6.07, 6.45) is 3.20. The summed E-state index contributed by atoms with van der Waals surface area (Å²) < 4.78 is 6.82. The summed E-state index contributed by atoms with van der Waals surface area (Å²) in [6.45, 7) is 8.71. The molecule has 0 spiro atoms. The minimum absolute atomic E-state index is 0.0322. The second kappa shape index (κ2) is 8.21. The Bertz CT molecular complexity index is 741. The molecule has 7 nitrogen and oxygen atoms in total. The maximum absolute atomic E-state index is 12.5. The molecule has 0 aliphatic rings. The van der Waals surface area contributed by atoms with Crippen LogP contribution in [-0.2, 0) is 17.3 Å². The number of rotatable bonds is 7. The summed E-state index contributed by atoms with van der Waals surface area (Å²) in [4.78, 5) is 26.5. The Morgan fingerprint density at radius 1 is 1.35 bits per heavy atom. The molecule has 0 saturated heterocycles. The Balaban J connectivity index is 2.07. The molecule has 1 N–H and O–H groups in total. The van der Waals surface area contributed by atoms with Crippen molar-refractivity contribution in [2.24, 2.45) is 7.05 Å². The summed E-state index contributed by atoms with van der Waals surface area (Å²) in [7, 11) is 1.79. The van der Waals surface area contributed by atoms with E-state index in [0.717, 1.165) is 18.5 Å². The van der Waals surface area contributed by atoms with E-state index in [4.69, 9.17) is 4.42 Å². The minimum atomic E-state index is -0.279. The smallest absolute Gasteiger partial charge is 0.290 e. The summed E-state index contributed by atoms with van der Waals surface area (Å²) in [5, 5.41) is 7.29. The number of furan rings is 1. The summed E-state index contributed by atoms with van der Waals surface area (Å²) >= 11 is 0. The van der Waals surface area contributed by atoms with Gasteiger partial charge in [-0.05, 0) is 18.6 Å². The van der Waals surface area contributed by atoms with E-state index >= 15 is 0 Å². The van der Waals surface area contributed by atoms with Gasteiger partial charge in [0.15, 0.2) is 5.76 Å². The van der Waals surface area contributed by atoms with Gasteiger partial charge in [-0.1, -0.05) is 34.1 Å². The number of aromatic nitrogens is 2. The second-order valence-electron chi connectivity index (χ2n) is 7.39. The number of carbonyl (C=O) groups excluding carboxylic acids is 2. The third kappa shape index (κ3) is 4.97. The van der Waals surface area contributed by atoms with E-state index < -0.39 is 0 Å². The van der Waals surface area contributed by atoms with Crippen LogP contribution in [0.4, 0.5) is 5.82 Å². The molecular weight excluding hydrogens is 332 g/mol. The number of unbranched alkanes of at least 4 members (excludes halogenated alkanes) is 1. The van der Waals surface area contributed by atoms with Crippen LogP contribution in [0.2, 0.25) is 0 Å². The van der Waals surface area contributed by atoms with Crippen molar-refractivity contribution in [1.82, 2.24) is 14.7 Å². The van der Waals surface area contributed by atoms with Gasteiger partial charge in [0.05, 0.1) is 12.0 Å². The molecule has 0 aliphatic heterocycles. The van der Waals surface area contributed by atoms with Crippen molar-refractivity contribution in [3.8, 4) is 0 Å². The first-order valence-corrected chi connectivity index (χ1v) is 8.89. The molecule has 0 aliphatic carbocycles. The predicted octanol–water partition coefficient (Wildman–Crippen LogP) is 3.19. The van der Waals surface area contributed by atoms with Crippen molar-refractivity contribution in [3.63, 3.8) is 0 Å². The molecule has 2 amide bonds. The highest BCUT2D eigenvalue weighted by atomic mass is 16.3. The van der Waals surface area contributed by atoms with Crippen molar-refractivity contribution in [3.05, 3.63) is 35.9 Å². The molecule has 0 bridgehead atoms. The highest BCUT2D eigenvalue weighted by Crippen LogP contribution is 2.23. The summed E-state index contributed by atoms with van der Waals surface area (Å²) in [6, 6.07) is 5.13. The zero-order valence-electron chi connectivity index (χ0n) is 16.2. The molecule has 142 valence electrons. The molecule has 0 fully saturated rings. The number of amides is 2. The first kappa shape index (κ1) is 19.8. The van der Waals surface area contributed by atoms with Crippen LogP contribution in [0.15, 0.2) is 28.9 Å². The van der Waals surface area contributed by atoms with Crippen molar-refractivity contribution >= 4 is 17.6 Å². The number of hydrogen-bond donors (Lipinski definition) is 1. The second-order valence-corrected chi connectivity index (χ2v) is 7.39. The van der Waals surface area contributed by atoms with E-state index in [2.05, 4.69) is 31.2 Å². The van der Waals surface area contributed by atoms with Gasteiger partial charge in [-0.15, -0.1) is 0 Å². The molecule has 2 heterocycles. The molecule has 0 saturated carbocycles. The van der Waals surface area contributed by atoms with Gasteiger partial charge in [0.1, 0.15) is 12.4 Å². The van der Waals surface area contributed by atoms with E-state index in [1.165, 1.54) is 11.2 Å². The lowest BCUT2D eigenvalue weighted by Gasteiger charge is -2.20. The molecule has 26 heavy (non-hydrogen) atoms. The third-order valence-corrected chi connectivity index (χ3v) is 4.05. The minimum Gasteiger partial charge on any atom is -0.459 e. The van der Waals surface area contributed by atoms with Gasteiger partial charge in [-0.25, -0.2) is 0 Å². The Hall–Kier alpha value is -2.57. The zero-order chi connectivity index (χ0) is 19.3. The molecule has 0 radical (unpaired) electrons. The fourth-order valence-corrected chi connectivity index (χ4v) is 2.46. The maximum Gasteiger partial charge on any atom is 0.290 e. The van der Waals surface area contributed by atoms with Gasteiger partial charge < -0.3 is 14.6 Å². The largest absolute Gasteiger partial charge is 0.459 e. The lowest BCUT2D eigenvalue weighted by atomic mass is 9.92. The van der Waals surface area contributed by atoms with Gasteiger partial charge in [-0.3, -0.25) is 14.3 Å². The zero-order valence-corrected chi connectivity index (χ0v) is 16.2. The SMILES string of the molecule is CCCCN(CC(=O)Nc1cc(C(C)(C)C)nn1C)C(=O)c1ccco1. The van der Waals surface area contributed by atoms with Crippen molar-refractivity contribution < 1.29 is 14.0 Å². The molecule has 0 unspecified atom stereocenters. The number of anilines is 1. The number of carbonyl (C=O) groups is 2. The van der Waals surface area contributed by atoms with Gasteiger partial charge in [0.2, 0.25) is 5.91 Å². The van der Waals surface area contributed by atoms with Crippen LogP contribution in [0.5, 0.6) is 0 Å². The van der Waals surface area contributed by atoms with Gasteiger partial charge >= 0.3 is 0 Å². The van der Waals surface area contributed by atoms with Gasteiger partial charge in [0, 0.05) is 25.1 Å². The molecule has 0 aromatic carbocycles. The van der Waals surface area contributed by atoms with Crippen molar-refractivity contribution in [2.75, 3.05) is 18.4 Å². The summed E-state index contributed by atoms with van der Waals surface area (Å²) in [5.41, 5.74) is 0.785. The Kier molecular flexibility index (Phi) is 6.23. The topological polar surface area (TPSA) is 80.4 Å². The molecule has 2 rings (SSSR count). The molecule has 2 aromatic rings. The highest BCUT2D eigenvalue weighted by Gasteiger charge is 2.23. The lowest BCUT2D eigenvalue weighted by molar-refractivity contribution is -0.117. The molecule has 2 aromatic heterocycles. The standard InChI is InChI=1S/C19H28N4O3/c1-6-7-10-23(18(25)14-9-8-11-26-14)13-17(24)20-16-12-15(19(2,3)4)21-22(16)5/h8-9,11-12H,6-7,10,13H2,1-5H3,(H,20,24). The van der Waals surface area contributed by atoms with Gasteiger partial charge in [-0.2, -0.15) is 5.10 Å². The van der Waals surface area contributed by atoms with Crippen LogP contribution in [0.3, 0.4) is 0 Å². The molecule has 0 atom stereocenters. The van der Waals surface area contributed by atoms with Crippen LogP contribution in [0, 0.1) is 0 Å². The first-order chi connectivity index (χ1) is 12.2. The van der Waals surface area contributed by atoms with Crippen LogP contribution in [0.1, 0.15) is 56.8 Å². The van der Waals surface area contributed by atoms with Crippen molar-refractivity contribution in [2.45, 2.75) is 46.0 Å². The van der Waals surface area contributed by atoms with Crippen LogP contribution < -0.4 is 5.32 Å². The first-order valence-electron chi connectivity index (χ1n) is 8.89. The van der Waals surface area contributed by atoms with Gasteiger partial charge in [0.25, 0.3) is 5.91 Å². The van der Waals surface area contributed by atoms with Crippen LogP contribution in [-0.4, -0.2) is 39.6 Å². The fourth-order valence-electron chi connectivity index (χ4n) is 2.46. The molecular formula is C19H28N4O3. The van der Waals surface area contributed by atoms with E-state index in [0.29, 0.717) is 12.4 Å². The van der Waals surface area contributed by atoms with E-state index in [1.807, 2.05) is 13.0 Å². The normalized spacial score (nSPS) is 11.4. The Labute approximate surface area is 154 Å². The third-order valence-electron chi connectivity index (χ3n) is 4.05. The number of nitrogens with zero attached hydrogens (tertiary/aromatic N) is 3. The highest BCUT2D eigenvalue weighted by molar-refractivity contribution is 5.97. The average Bonchev–Trinajstić information content (AvgIpc) is 3.21. The van der Waals surface area contributed by atoms with E-state index in [-0.39, 0.29) is 29.5 Å². The van der Waals surface area contributed by atoms with Crippen LogP contribution >= 0.6 is 0 Å².